The number of nitrogens with one attached hydrogen (secondary N) is 1. The van der Waals surface area contributed by atoms with Gasteiger partial charge in [-0.05, 0) is 18.2 Å². The monoisotopic (exact) mass is 280 g/mol. The van der Waals surface area contributed by atoms with E-state index in [2.05, 4.69) is 6.08 Å². The van der Waals surface area contributed by atoms with Crippen LogP contribution in [-0.4, -0.2) is 31.4 Å². The van der Waals surface area contributed by atoms with Crippen molar-refractivity contribution < 1.29 is 14.7 Å². The Labute approximate surface area is 118 Å². The molecule has 0 spiro atoms. The molecular formula is C15H19ClNO2+. The molecule has 1 aromatic carbocycles. The van der Waals surface area contributed by atoms with Crippen molar-refractivity contribution in [1.29, 1.82) is 0 Å². The predicted molar refractivity (Wildman–Crippen MR) is 75.4 cm³/mol. The predicted octanol–water partition coefficient (Wildman–Crippen LogP) is 1.36. The molecule has 3 aliphatic rings. The summed E-state index contributed by atoms with van der Waals surface area (Å²) in [5, 5.41) is 11.1. The highest BCUT2D eigenvalue weighted by molar-refractivity contribution is 6.30. The zero-order chi connectivity index (χ0) is 13.4. The van der Waals surface area contributed by atoms with Gasteiger partial charge in [0.25, 0.3) is 0 Å². The highest BCUT2D eigenvalue weighted by atomic mass is 35.5. The SMILES string of the molecule is COc1ccc(Cl)cc1/C=C1/[C@H](O)C2CC[NH+]1CC2. The number of halogens is 1. The molecule has 3 heterocycles. The number of hydrogen-bond acceptors (Lipinski definition) is 2. The molecule has 0 amide bonds. The maximum Gasteiger partial charge on any atom is 0.137 e. The molecule has 0 unspecified atom stereocenters. The number of aliphatic hydroxyl groups excluding tert-OH is 1. The van der Waals surface area contributed by atoms with Crippen LogP contribution in [0.5, 0.6) is 5.75 Å². The zero-order valence-electron chi connectivity index (χ0n) is 11.0. The molecule has 1 atom stereocenters. The van der Waals surface area contributed by atoms with Crippen molar-refractivity contribution in [3.63, 3.8) is 0 Å². The molecule has 4 rings (SSSR count). The number of ether oxygens (including phenoxy) is 1. The maximum atomic E-state index is 10.4. The van der Waals surface area contributed by atoms with Gasteiger partial charge >= 0.3 is 0 Å². The van der Waals surface area contributed by atoms with E-state index in [1.807, 2.05) is 18.2 Å². The van der Waals surface area contributed by atoms with Gasteiger partial charge in [0.15, 0.2) is 0 Å². The number of aliphatic hydroxyl groups is 1. The summed E-state index contributed by atoms with van der Waals surface area (Å²) < 4.78 is 5.36. The first-order chi connectivity index (χ1) is 9.19. The van der Waals surface area contributed by atoms with E-state index in [1.165, 1.54) is 4.90 Å². The van der Waals surface area contributed by atoms with Crippen LogP contribution in [0.4, 0.5) is 0 Å². The molecule has 2 N–H and O–H groups in total. The lowest BCUT2D eigenvalue weighted by atomic mass is 9.83. The van der Waals surface area contributed by atoms with Gasteiger partial charge in [-0.2, -0.15) is 0 Å². The average Bonchev–Trinajstić information content (AvgIpc) is 2.43. The fraction of sp³-hybridized carbons (Fsp3) is 0.467. The van der Waals surface area contributed by atoms with Crippen LogP contribution in [0.3, 0.4) is 0 Å². The molecule has 0 aromatic heterocycles. The number of benzene rings is 1. The first-order valence-electron chi connectivity index (χ1n) is 6.77. The Balaban J connectivity index is 1.99. The van der Waals surface area contributed by atoms with Crippen LogP contribution >= 0.6 is 11.6 Å². The first kappa shape index (κ1) is 13.0. The van der Waals surface area contributed by atoms with Gasteiger partial charge in [0.05, 0.1) is 20.2 Å². The van der Waals surface area contributed by atoms with Crippen molar-refractivity contribution in [2.24, 2.45) is 5.92 Å². The number of hydrogen-bond donors (Lipinski definition) is 2. The molecule has 1 aromatic rings. The minimum absolute atomic E-state index is 0.318. The lowest BCUT2D eigenvalue weighted by Crippen LogP contribution is -3.14. The second kappa shape index (κ2) is 5.16. The van der Waals surface area contributed by atoms with E-state index in [4.69, 9.17) is 16.3 Å². The van der Waals surface area contributed by atoms with E-state index >= 15 is 0 Å². The standard InChI is InChI=1S/C15H18ClNO2/c1-19-14-3-2-12(16)8-11(14)9-13-15(18)10-4-6-17(13)7-5-10/h2-3,8-10,15,18H,4-7H2,1H3/p+1/b13-9-/t15-/m1/s1. The van der Waals surface area contributed by atoms with Crippen LogP contribution in [-0.2, 0) is 0 Å². The molecule has 0 radical (unpaired) electrons. The van der Waals surface area contributed by atoms with Gasteiger partial charge in [0.1, 0.15) is 17.6 Å². The highest BCUT2D eigenvalue weighted by Crippen LogP contribution is 2.29. The number of piperidine rings is 3. The third kappa shape index (κ3) is 2.38. The number of rotatable bonds is 2. The Kier molecular flexibility index (Phi) is 3.52. The first-order valence-corrected chi connectivity index (χ1v) is 7.15. The molecule has 3 saturated heterocycles. The second-order valence-corrected chi connectivity index (χ2v) is 5.81. The fourth-order valence-electron chi connectivity index (χ4n) is 3.23. The van der Waals surface area contributed by atoms with Crippen molar-refractivity contribution in [2.75, 3.05) is 20.2 Å². The second-order valence-electron chi connectivity index (χ2n) is 5.37. The van der Waals surface area contributed by atoms with Crippen molar-refractivity contribution in [2.45, 2.75) is 18.9 Å². The summed E-state index contributed by atoms with van der Waals surface area (Å²) in [5.41, 5.74) is 2.03. The van der Waals surface area contributed by atoms with E-state index in [0.29, 0.717) is 10.9 Å². The van der Waals surface area contributed by atoms with E-state index in [-0.39, 0.29) is 6.10 Å². The highest BCUT2D eigenvalue weighted by Gasteiger charge is 2.41. The van der Waals surface area contributed by atoms with Crippen LogP contribution in [0.2, 0.25) is 5.02 Å². The van der Waals surface area contributed by atoms with Crippen molar-refractivity contribution in [3.8, 4) is 5.75 Å². The lowest BCUT2D eigenvalue weighted by molar-refractivity contribution is -0.880. The normalized spacial score (nSPS) is 31.7. The van der Waals surface area contributed by atoms with Crippen LogP contribution in [0, 0.1) is 5.92 Å². The fourth-order valence-corrected chi connectivity index (χ4v) is 3.41. The molecule has 4 heteroatoms. The molecule has 2 bridgehead atoms. The minimum atomic E-state index is -0.318. The molecule has 3 nitrogen and oxygen atoms in total. The molecule has 3 fully saturated rings. The molecular weight excluding hydrogens is 262 g/mol. The summed E-state index contributed by atoms with van der Waals surface area (Å²) in [5.74, 6) is 1.22. The van der Waals surface area contributed by atoms with E-state index in [0.717, 1.165) is 42.9 Å². The van der Waals surface area contributed by atoms with E-state index in [1.54, 1.807) is 7.11 Å². The Morgan fingerprint density at radius 2 is 2.11 bits per heavy atom. The smallest absolute Gasteiger partial charge is 0.137 e. The molecule has 3 aliphatic heterocycles. The minimum Gasteiger partial charge on any atom is -0.496 e. The average molecular weight is 281 g/mol. The summed E-state index contributed by atoms with van der Waals surface area (Å²) in [4.78, 5) is 1.40. The number of methoxy groups -OCH3 is 1. The third-order valence-electron chi connectivity index (χ3n) is 4.31. The Morgan fingerprint density at radius 3 is 2.74 bits per heavy atom. The van der Waals surface area contributed by atoms with E-state index < -0.39 is 0 Å². The van der Waals surface area contributed by atoms with Gasteiger partial charge in [0.2, 0.25) is 0 Å². The van der Waals surface area contributed by atoms with Gasteiger partial charge in [-0.15, -0.1) is 0 Å². The lowest BCUT2D eigenvalue weighted by Gasteiger charge is -2.41. The molecule has 0 aliphatic carbocycles. The summed E-state index contributed by atoms with van der Waals surface area (Å²) in [6.07, 6.45) is 3.98. The third-order valence-corrected chi connectivity index (χ3v) is 4.55. The van der Waals surface area contributed by atoms with Crippen LogP contribution < -0.4 is 9.64 Å². The van der Waals surface area contributed by atoms with Crippen molar-refractivity contribution in [1.82, 2.24) is 0 Å². The van der Waals surface area contributed by atoms with Crippen LogP contribution in [0.15, 0.2) is 23.9 Å². The van der Waals surface area contributed by atoms with Gasteiger partial charge in [-0.1, -0.05) is 11.6 Å². The number of fused-ring (bicyclic) bond motifs is 3. The van der Waals surface area contributed by atoms with E-state index in [9.17, 15) is 5.11 Å². The Bertz CT molecular complexity index is 503. The summed E-state index contributed by atoms with van der Waals surface area (Å²) in [7, 11) is 1.65. The molecule has 0 saturated carbocycles. The Morgan fingerprint density at radius 1 is 1.37 bits per heavy atom. The Hall–Kier alpha value is -1.03. The molecule has 19 heavy (non-hydrogen) atoms. The van der Waals surface area contributed by atoms with Gasteiger partial charge in [0, 0.05) is 35.4 Å². The van der Waals surface area contributed by atoms with Crippen LogP contribution in [0.1, 0.15) is 18.4 Å². The summed E-state index contributed by atoms with van der Waals surface area (Å²) in [6, 6.07) is 5.58. The van der Waals surface area contributed by atoms with Crippen LogP contribution in [0.25, 0.3) is 6.08 Å². The largest absolute Gasteiger partial charge is 0.496 e. The molecule has 102 valence electrons. The quantitative estimate of drug-likeness (QED) is 0.858. The summed E-state index contributed by atoms with van der Waals surface area (Å²) in [6.45, 7) is 2.24. The topological polar surface area (TPSA) is 33.9 Å². The maximum absolute atomic E-state index is 10.4. The zero-order valence-corrected chi connectivity index (χ0v) is 11.8. The van der Waals surface area contributed by atoms with Crippen molar-refractivity contribution in [3.05, 3.63) is 34.5 Å². The van der Waals surface area contributed by atoms with Gasteiger partial charge in [-0.3, -0.25) is 0 Å². The van der Waals surface area contributed by atoms with Gasteiger partial charge in [-0.25, -0.2) is 0 Å². The summed E-state index contributed by atoms with van der Waals surface area (Å²) >= 11 is 6.05. The van der Waals surface area contributed by atoms with Gasteiger partial charge < -0.3 is 14.7 Å². The van der Waals surface area contributed by atoms with Crippen molar-refractivity contribution >= 4 is 17.7 Å². The number of quaternary nitrogens is 1.